The number of rotatable bonds is 7. The number of fused-ring (bicyclic) bond motifs is 1. The highest BCUT2D eigenvalue weighted by Gasteiger charge is 2.46. The summed E-state index contributed by atoms with van der Waals surface area (Å²) in [5.41, 5.74) is 9.50. The van der Waals surface area contributed by atoms with E-state index in [4.69, 9.17) is 15.2 Å². The number of aliphatic hydroxyl groups excluding tert-OH is 2. The molecule has 1 fully saturated rings. The largest absolute Gasteiger partial charge is 0.387 e. The minimum atomic E-state index is -1.18. The summed E-state index contributed by atoms with van der Waals surface area (Å²) in [7, 11) is 0. The quantitative estimate of drug-likeness (QED) is 0.247. The predicted molar refractivity (Wildman–Crippen MR) is 143 cm³/mol. The van der Waals surface area contributed by atoms with Gasteiger partial charge in [-0.1, -0.05) is 91.0 Å². The van der Waals surface area contributed by atoms with Crippen LogP contribution in [0.5, 0.6) is 0 Å². The Kier molecular flexibility index (Phi) is 6.39. The summed E-state index contributed by atoms with van der Waals surface area (Å²) in [5, 5.41) is 22.0. The molecule has 2 aromatic heterocycles. The van der Waals surface area contributed by atoms with Gasteiger partial charge in [0.25, 0.3) is 0 Å². The summed E-state index contributed by atoms with van der Waals surface area (Å²) in [6, 6.07) is 29.9. The maximum atomic E-state index is 11.0. The van der Waals surface area contributed by atoms with E-state index >= 15 is 0 Å². The van der Waals surface area contributed by atoms with Crippen molar-refractivity contribution in [3.8, 4) is 0 Å². The van der Waals surface area contributed by atoms with Crippen molar-refractivity contribution in [3.63, 3.8) is 0 Å². The molecule has 38 heavy (non-hydrogen) atoms. The first kappa shape index (κ1) is 24.3. The number of nitrogens with zero attached hydrogens (tertiary/aromatic N) is 2. The molecule has 0 spiro atoms. The summed E-state index contributed by atoms with van der Waals surface area (Å²) in [5.74, 6) is 0.299. The van der Waals surface area contributed by atoms with Gasteiger partial charge in [0.05, 0.1) is 12.1 Å². The molecule has 3 aromatic carbocycles. The molecule has 4 atom stereocenters. The third-order valence-electron chi connectivity index (χ3n) is 7.20. The number of aromatic nitrogens is 3. The van der Waals surface area contributed by atoms with E-state index in [9.17, 15) is 10.2 Å². The number of anilines is 1. The van der Waals surface area contributed by atoms with Crippen molar-refractivity contribution in [2.45, 2.75) is 30.0 Å². The lowest BCUT2D eigenvalue weighted by Crippen LogP contribution is -2.39. The first-order valence-electron chi connectivity index (χ1n) is 12.5. The standard InChI is InChI=1S/C30H28N4O4/c31-29-25-24(33-18-34-29)22(16-32-25)28-27(36)26(35)23(38-28)17-37-30(19-10-4-1-5-11-19,20-12-6-2-7-13-20)21-14-8-3-9-15-21/h1-16,18,23,26-28,32,35-36H,17H2,(H2,31,33,34)/t23-,26-,27-,28+/m0/s1. The van der Waals surface area contributed by atoms with Gasteiger partial charge in [-0.2, -0.15) is 0 Å². The van der Waals surface area contributed by atoms with Gasteiger partial charge in [-0.05, 0) is 16.7 Å². The van der Waals surface area contributed by atoms with Gasteiger partial charge in [-0.15, -0.1) is 0 Å². The van der Waals surface area contributed by atoms with Crippen molar-refractivity contribution in [1.29, 1.82) is 0 Å². The number of aliphatic hydroxyl groups is 2. The SMILES string of the molecule is Nc1ncnc2c([C@H]3O[C@@H](COC(c4ccccc4)(c4ccccc4)c4ccccc4)[C@H](O)[C@@H]3O)c[nH]c12. The van der Waals surface area contributed by atoms with Gasteiger partial charge in [-0.25, -0.2) is 9.97 Å². The van der Waals surface area contributed by atoms with E-state index < -0.39 is 30.0 Å². The number of nitrogens with one attached hydrogen (secondary N) is 1. The molecule has 0 bridgehead atoms. The van der Waals surface area contributed by atoms with E-state index in [-0.39, 0.29) is 6.61 Å². The summed E-state index contributed by atoms with van der Waals surface area (Å²) in [6.45, 7) is 0.0207. The second kappa shape index (κ2) is 10.00. The number of aromatic amines is 1. The van der Waals surface area contributed by atoms with E-state index in [2.05, 4.69) is 15.0 Å². The molecule has 0 radical (unpaired) electrons. The van der Waals surface area contributed by atoms with Crippen LogP contribution in [0.1, 0.15) is 28.4 Å². The Labute approximate surface area is 219 Å². The van der Waals surface area contributed by atoms with E-state index in [1.165, 1.54) is 6.33 Å². The number of H-pyrrole nitrogens is 1. The zero-order chi connectivity index (χ0) is 26.1. The second-order valence-electron chi connectivity index (χ2n) is 9.39. The number of nitrogens with two attached hydrogens (primary N) is 1. The highest BCUT2D eigenvalue weighted by atomic mass is 16.6. The van der Waals surface area contributed by atoms with Gasteiger partial charge in [0.2, 0.25) is 0 Å². The maximum absolute atomic E-state index is 11.0. The average Bonchev–Trinajstić information content (AvgIpc) is 3.52. The van der Waals surface area contributed by atoms with Crippen LogP contribution in [0.4, 0.5) is 5.82 Å². The zero-order valence-electron chi connectivity index (χ0n) is 20.5. The molecule has 3 heterocycles. The van der Waals surface area contributed by atoms with Crippen molar-refractivity contribution >= 4 is 16.9 Å². The lowest BCUT2D eigenvalue weighted by molar-refractivity contribution is -0.0826. The molecule has 8 heteroatoms. The van der Waals surface area contributed by atoms with E-state index in [1.807, 2.05) is 91.0 Å². The lowest BCUT2D eigenvalue weighted by atomic mass is 9.80. The lowest BCUT2D eigenvalue weighted by Gasteiger charge is -2.37. The second-order valence-corrected chi connectivity index (χ2v) is 9.39. The van der Waals surface area contributed by atoms with Crippen molar-refractivity contribution < 1.29 is 19.7 Å². The number of hydrogen-bond donors (Lipinski definition) is 4. The Balaban J connectivity index is 1.36. The molecular weight excluding hydrogens is 480 g/mol. The molecule has 0 aliphatic carbocycles. The van der Waals surface area contributed by atoms with Gasteiger partial charge in [0, 0.05) is 11.8 Å². The van der Waals surface area contributed by atoms with Gasteiger partial charge < -0.3 is 30.4 Å². The van der Waals surface area contributed by atoms with Crippen LogP contribution >= 0.6 is 0 Å². The monoisotopic (exact) mass is 508 g/mol. The summed E-state index contributed by atoms with van der Waals surface area (Å²) in [6.07, 6.45) is -0.929. The molecule has 0 unspecified atom stereocenters. The van der Waals surface area contributed by atoms with Crippen LogP contribution in [0.2, 0.25) is 0 Å². The highest BCUT2D eigenvalue weighted by molar-refractivity contribution is 5.87. The minimum absolute atomic E-state index is 0.0207. The summed E-state index contributed by atoms with van der Waals surface area (Å²) in [4.78, 5) is 11.4. The molecule has 1 saturated heterocycles. The van der Waals surface area contributed by atoms with Crippen molar-refractivity contribution in [1.82, 2.24) is 15.0 Å². The first-order chi connectivity index (χ1) is 18.6. The molecule has 5 N–H and O–H groups in total. The van der Waals surface area contributed by atoms with Crippen molar-refractivity contribution in [2.24, 2.45) is 0 Å². The molecule has 192 valence electrons. The number of ether oxygens (including phenoxy) is 2. The number of benzene rings is 3. The molecular formula is C30H28N4O4. The Bertz CT molecular complexity index is 1410. The molecule has 8 nitrogen and oxygen atoms in total. The summed E-state index contributed by atoms with van der Waals surface area (Å²) >= 11 is 0. The highest BCUT2D eigenvalue weighted by Crippen LogP contribution is 2.42. The topological polar surface area (TPSA) is 127 Å². The van der Waals surface area contributed by atoms with Crippen LogP contribution in [-0.2, 0) is 15.1 Å². The molecule has 1 aliphatic rings. The summed E-state index contributed by atoms with van der Waals surface area (Å²) < 4.78 is 13.0. The maximum Gasteiger partial charge on any atom is 0.151 e. The number of nitrogen functional groups attached to an aromatic ring is 1. The van der Waals surface area contributed by atoms with Gasteiger partial charge in [0.15, 0.2) is 5.82 Å². The molecule has 5 aromatic rings. The smallest absolute Gasteiger partial charge is 0.151 e. The molecule has 0 saturated carbocycles. The van der Waals surface area contributed by atoms with E-state index in [0.29, 0.717) is 22.4 Å². The van der Waals surface area contributed by atoms with Gasteiger partial charge in [-0.3, -0.25) is 0 Å². The van der Waals surface area contributed by atoms with Crippen LogP contribution in [0.15, 0.2) is 104 Å². The Morgan fingerprint density at radius 3 is 1.92 bits per heavy atom. The molecule has 0 amide bonds. The zero-order valence-corrected chi connectivity index (χ0v) is 20.5. The van der Waals surface area contributed by atoms with Crippen LogP contribution in [0, 0.1) is 0 Å². The molecule has 1 aliphatic heterocycles. The normalized spacial score (nSPS) is 21.6. The Morgan fingerprint density at radius 1 is 0.816 bits per heavy atom. The average molecular weight is 509 g/mol. The van der Waals surface area contributed by atoms with Crippen LogP contribution in [0.25, 0.3) is 11.0 Å². The van der Waals surface area contributed by atoms with E-state index in [1.54, 1.807) is 6.20 Å². The van der Waals surface area contributed by atoms with Crippen molar-refractivity contribution in [3.05, 3.63) is 126 Å². The van der Waals surface area contributed by atoms with Gasteiger partial charge >= 0.3 is 0 Å². The van der Waals surface area contributed by atoms with Crippen LogP contribution < -0.4 is 5.73 Å². The van der Waals surface area contributed by atoms with E-state index in [0.717, 1.165) is 16.7 Å². The first-order valence-corrected chi connectivity index (χ1v) is 12.5. The Morgan fingerprint density at radius 2 is 1.37 bits per heavy atom. The third kappa shape index (κ3) is 4.04. The van der Waals surface area contributed by atoms with Gasteiger partial charge in [0.1, 0.15) is 41.9 Å². The van der Waals surface area contributed by atoms with Crippen LogP contribution in [0.3, 0.4) is 0 Å². The third-order valence-corrected chi connectivity index (χ3v) is 7.20. The fourth-order valence-electron chi connectivity index (χ4n) is 5.31. The number of hydrogen-bond acceptors (Lipinski definition) is 7. The van der Waals surface area contributed by atoms with Crippen LogP contribution in [-0.4, -0.2) is 50.1 Å². The Hall–Kier alpha value is -4.08. The minimum Gasteiger partial charge on any atom is -0.387 e. The van der Waals surface area contributed by atoms with Crippen molar-refractivity contribution in [2.75, 3.05) is 12.3 Å². The fourth-order valence-corrected chi connectivity index (χ4v) is 5.31. The molecule has 6 rings (SSSR count). The fraction of sp³-hybridized carbons (Fsp3) is 0.200. The predicted octanol–water partition coefficient (Wildman–Crippen LogP) is 3.71.